The lowest BCUT2D eigenvalue weighted by molar-refractivity contribution is -0.192. The molecule has 25 heavy (non-hydrogen) atoms. The number of alkyl halides is 3. The summed E-state index contributed by atoms with van der Waals surface area (Å²) in [5.41, 5.74) is 5.35. The summed E-state index contributed by atoms with van der Waals surface area (Å²) < 4.78 is 31.7. The third-order valence-electron chi connectivity index (χ3n) is 2.91. The number of halogens is 3. The van der Waals surface area contributed by atoms with Gasteiger partial charge in [-0.3, -0.25) is 19.3 Å². The highest BCUT2D eigenvalue weighted by molar-refractivity contribution is 6.12. The van der Waals surface area contributed by atoms with Gasteiger partial charge in [0.15, 0.2) is 0 Å². The number of carbonyl (C=O) groups is 4. The number of carboxylic acid groups (broad SMARTS) is 1. The van der Waals surface area contributed by atoms with E-state index >= 15 is 0 Å². The second-order valence-electron chi connectivity index (χ2n) is 4.91. The Balaban J connectivity index is 0.000000697. The summed E-state index contributed by atoms with van der Waals surface area (Å²) in [5, 5.41) is 9.81. The van der Waals surface area contributed by atoms with Crippen LogP contribution in [0.3, 0.4) is 0 Å². The maximum absolute atomic E-state index is 11.4. The van der Waals surface area contributed by atoms with Crippen LogP contribution in [0.5, 0.6) is 0 Å². The van der Waals surface area contributed by atoms with Crippen LogP contribution < -0.4 is 11.1 Å². The molecule has 0 atom stereocenters. The van der Waals surface area contributed by atoms with E-state index in [2.05, 4.69) is 5.32 Å². The summed E-state index contributed by atoms with van der Waals surface area (Å²) >= 11 is 0. The van der Waals surface area contributed by atoms with Crippen LogP contribution >= 0.6 is 0 Å². The zero-order chi connectivity index (χ0) is 19.5. The third-order valence-corrected chi connectivity index (χ3v) is 2.91. The van der Waals surface area contributed by atoms with E-state index in [9.17, 15) is 27.6 Å². The van der Waals surface area contributed by atoms with Crippen molar-refractivity contribution in [2.24, 2.45) is 5.73 Å². The quantitative estimate of drug-likeness (QED) is 0.414. The van der Waals surface area contributed by atoms with Crippen LogP contribution in [0.4, 0.5) is 13.2 Å². The average molecular weight is 367 g/mol. The number of hydrogen-bond donors (Lipinski definition) is 3. The molecule has 1 heterocycles. The predicted octanol–water partition coefficient (Wildman–Crippen LogP) is 0.180. The van der Waals surface area contributed by atoms with Gasteiger partial charge < -0.3 is 16.2 Å². The summed E-state index contributed by atoms with van der Waals surface area (Å²) in [6.45, 7) is 1.17. The van der Waals surface area contributed by atoms with E-state index in [1.807, 2.05) is 0 Å². The normalized spacial score (nSPS) is 13.5. The molecule has 0 aromatic rings. The standard InChI is InChI=1S/C12H19N3O3.C2HF3O2/c13-7-3-1-2-4-10(16)14-8-9-15-11(17)5-6-12(15)18;3-2(4,5)1(6)7/h5-6H,1-4,7-9,13H2,(H,14,16);(H,6,7). The zero-order valence-corrected chi connectivity index (χ0v) is 13.3. The summed E-state index contributed by atoms with van der Waals surface area (Å²) in [4.78, 5) is 43.8. The minimum atomic E-state index is -5.08. The molecular weight excluding hydrogens is 347 g/mol. The zero-order valence-electron chi connectivity index (χ0n) is 13.3. The predicted molar refractivity (Wildman–Crippen MR) is 80.1 cm³/mol. The summed E-state index contributed by atoms with van der Waals surface area (Å²) in [6.07, 6.45) is 0.521. The summed E-state index contributed by atoms with van der Waals surface area (Å²) in [5.74, 6) is -3.46. The third kappa shape index (κ3) is 10.1. The molecule has 0 saturated heterocycles. The molecule has 3 amide bonds. The number of amides is 3. The Morgan fingerprint density at radius 2 is 1.64 bits per heavy atom. The second-order valence-corrected chi connectivity index (χ2v) is 4.91. The molecule has 11 heteroatoms. The fourth-order valence-corrected chi connectivity index (χ4v) is 1.65. The molecule has 8 nitrogen and oxygen atoms in total. The van der Waals surface area contributed by atoms with Crippen molar-refractivity contribution in [1.82, 2.24) is 10.2 Å². The lowest BCUT2D eigenvalue weighted by Crippen LogP contribution is -2.38. The number of rotatable bonds is 8. The first-order valence-corrected chi connectivity index (χ1v) is 7.40. The fourth-order valence-electron chi connectivity index (χ4n) is 1.65. The van der Waals surface area contributed by atoms with Gasteiger partial charge in [-0.25, -0.2) is 4.79 Å². The van der Waals surface area contributed by atoms with E-state index in [-0.39, 0.29) is 24.3 Å². The molecule has 1 rings (SSSR count). The molecule has 0 aromatic carbocycles. The Hall–Kier alpha value is -2.43. The van der Waals surface area contributed by atoms with Crippen molar-refractivity contribution in [2.45, 2.75) is 31.9 Å². The number of carboxylic acids is 1. The van der Waals surface area contributed by atoms with Gasteiger partial charge in [-0.1, -0.05) is 6.42 Å². The van der Waals surface area contributed by atoms with Crippen LogP contribution in [0.15, 0.2) is 12.2 Å². The number of hydrogen-bond acceptors (Lipinski definition) is 5. The number of nitrogens with one attached hydrogen (secondary N) is 1. The number of unbranched alkanes of at least 4 members (excludes halogenated alkanes) is 2. The first-order chi connectivity index (χ1) is 11.6. The maximum atomic E-state index is 11.4. The van der Waals surface area contributed by atoms with E-state index in [1.54, 1.807) is 0 Å². The van der Waals surface area contributed by atoms with Crippen molar-refractivity contribution >= 4 is 23.7 Å². The lowest BCUT2D eigenvalue weighted by atomic mass is 10.2. The largest absolute Gasteiger partial charge is 0.490 e. The van der Waals surface area contributed by atoms with Crippen LogP contribution in [-0.2, 0) is 19.2 Å². The van der Waals surface area contributed by atoms with Gasteiger partial charge in [-0.05, 0) is 19.4 Å². The lowest BCUT2D eigenvalue weighted by Gasteiger charge is -2.13. The maximum Gasteiger partial charge on any atom is 0.490 e. The SMILES string of the molecule is NCCCCCC(=O)NCCN1C(=O)C=CC1=O.O=C(O)C(F)(F)F. The van der Waals surface area contributed by atoms with E-state index in [0.717, 1.165) is 24.2 Å². The van der Waals surface area contributed by atoms with Gasteiger partial charge in [0, 0.05) is 31.7 Å². The van der Waals surface area contributed by atoms with Gasteiger partial charge in [0.25, 0.3) is 11.8 Å². The van der Waals surface area contributed by atoms with Crippen molar-refractivity contribution in [3.63, 3.8) is 0 Å². The highest BCUT2D eigenvalue weighted by atomic mass is 19.4. The van der Waals surface area contributed by atoms with Gasteiger partial charge in [-0.2, -0.15) is 13.2 Å². The number of aliphatic carboxylic acids is 1. The molecule has 0 radical (unpaired) electrons. The Morgan fingerprint density at radius 1 is 1.12 bits per heavy atom. The molecule has 0 unspecified atom stereocenters. The van der Waals surface area contributed by atoms with E-state index in [0.29, 0.717) is 19.5 Å². The monoisotopic (exact) mass is 367 g/mol. The molecule has 0 aromatic heterocycles. The molecular formula is C14H20F3N3O5. The first kappa shape index (κ1) is 22.6. The van der Waals surface area contributed by atoms with Crippen LogP contribution in [-0.4, -0.2) is 59.5 Å². The Morgan fingerprint density at radius 3 is 2.08 bits per heavy atom. The Bertz CT molecular complexity index is 502. The van der Waals surface area contributed by atoms with Crippen LogP contribution in [0, 0.1) is 0 Å². The van der Waals surface area contributed by atoms with Crippen molar-refractivity contribution in [3.8, 4) is 0 Å². The Labute approximate surface area is 141 Å². The van der Waals surface area contributed by atoms with E-state index in [4.69, 9.17) is 15.6 Å². The van der Waals surface area contributed by atoms with Crippen molar-refractivity contribution < 1.29 is 37.5 Å². The molecule has 0 saturated carbocycles. The molecule has 0 aliphatic carbocycles. The highest BCUT2D eigenvalue weighted by Gasteiger charge is 2.38. The minimum absolute atomic E-state index is 0.0564. The topological polar surface area (TPSA) is 130 Å². The molecule has 4 N–H and O–H groups in total. The molecule has 1 aliphatic heterocycles. The first-order valence-electron chi connectivity index (χ1n) is 7.40. The van der Waals surface area contributed by atoms with Crippen LogP contribution in [0.2, 0.25) is 0 Å². The van der Waals surface area contributed by atoms with Crippen molar-refractivity contribution in [3.05, 3.63) is 12.2 Å². The molecule has 0 fully saturated rings. The van der Waals surface area contributed by atoms with Gasteiger partial charge in [0.2, 0.25) is 5.91 Å². The molecule has 142 valence electrons. The number of imide groups is 1. The molecule has 0 spiro atoms. The molecule has 0 bridgehead atoms. The van der Waals surface area contributed by atoms with E-state index < -0.39 is 12.1 Å². The van der Waals surface area contributed by atoms with E-state index in [1.165, 1.54) is 12.2 Å². The van der Waals surface area contributed by atoms with Crippen molar-refractivity contribution in [2.75, 3.05) is 19.6 Å². The van der Waals surface area contributed by atoms with Crippen LogP contribution in [0.25, 0.3) is 0 Å². The van der Waals surface area contributed by atoms with Crippen molar-refractivity contribution in [1.29, 1.82) is 0 Å². The number of nitrogens with two attached hydrogens (primary N) is 1. The summed E-state index contributed by atoms with van der Waals surface area (Å²) in [6, 6.07) is 0. The van der Waals surface area contributed by atoms with Gasteiger partial charge in [-0.15, -0.1) is 0 Å². The second kappa shape index (κ2) is 11.2. The molecule has 1 aliphatic rings. The minimum Gasteiger partial charge on any atom is -0.475 e. The fraction of sp³-hybridized carbons (Fsp3) is 0.571. The Kier molecular flexibility index (Phi) is 10.1. The number of carbonyl (C=O) groups excluding carboxylic acids is 3. The average Bonchev–Trinajstić information content (AvgIpc) is 2.83. The van der Waals surface area contributed by atoms with Gasteiger partial charge >= 0.3 is 12.1 Å². The van der Waals surface area contributed by atoms with Gasteiger partial charge in [0.05, 0.1) is 0 Å². The highest BCUT2D eigenvalue weighted by Crippen LogP contribution is 2.13. The summed E-state index contributed by atoms with van der Waals surface area (Å²) in [7, 11) is 0. The van der Waals surface area contributed by atoms with Crippen LogP contribution in [0.1, 0.15) is 25.7 Å². The smallest absolute Gasteiger partial charge is 0.475 e. The van der Waals surface area contributed by atoms with Gasteiger partial charge in [0.1, 0.15) is 0 Å². The number of nitrogens with zero attached hydrogens (tertiary/aromatic N) is 1.